The van der Waals surface area contributed by atoms with Crippen molar-refractivity contribution < 1.29 is 8.42 Å². The highest BCUT2D eigenvalue weighted by Gasteiger charge is 2.28. The SMILES string of the molecule is C=C(C)CN=C(NCC1CCS(=O)(=O)C1)NC1CCCCC1C. The highest BCUT2D eigenvalue weighted by atomic mass is 32.2. The molecule has 1 aliphatic heterocycles. The Kier molecular flexibility index (Phi) is 6.50. The van der Waals surface area contributed by atoms with E-state index in [0.29, 0.717) is 36.6 Å². The lowest BCUT2D eigenvalue weighted by molar-refractivity contribution is 0.306. The van der Waals surface area contributed by atoms with Crippen LogP contribution in [0, 0.1) is 11.8 Å². The van der Waals surface area contributed by atoms with E-state index in [1.807, 2.05) is 6.92 Å². The maximum Gasteiger partial charge on any atom is 0.191 e. The second kappa shape index (κ2) is 8.18. The molecule has 132 valence electrons. The van der Waals surface area contributed by atoms with E-state index in [9.17, 15) is 8.42 Å². The Balaban J connectivity index is 1.91. The van der Waals surface area contributed by atoms with Gasteiger partial charge in [-0.25, -0.2) is 13.4 Å². The van der Waals surface area contributed by atoms with Gasteiger partial charge in [0.2, 0.25) is 0 Å². The second-order valence-corrected chi connectivity index (χ2v) is 9.51. The molecule has 1 aliphatic carbocycles. The average molecular weight is 342 g/mol. The van der Waals surface area contributed by atoms with Crippen LogP contribution in [-0.4, -0.2) is 45.0 Å². The molecule has 6 heteroatoms. The summed E-state index contributed by atoms with van der Waals surface area (Å²) in [5, 5.41) is 6.91. The number of nitrogens with zero attached hydrogens (tertiary/aromatic N) is 1. The van der Waals surface area contributed by atoms with E-state index in [-0.39, 0.29) is 5.92 Å². The van der Waals surface area contributed by atoms with E-state index in [0.717, 1.165) is 18.0 Å². The fourth-order valence-electron chi connectivity index (χ4n) is 3.35. The number of sulfone groups is 1. The summed E-state index contributed by atoms with van der Waals surface area (Å²) in [6, 6.07) is 0.451. The molecule has 1 saturated carbocycles. The molecular weight excluding hydrogens is 310 g/mol. The zero-order chi connectivity index (χ0) is 16.9. The summed E-state index contributed by atoms with van der Waals surface area (Å²) in [6.07, 6.45) is 5.75. The largest absolute Gasteiger partial charge is 0.356 e. The van der Waals surface area contributed by atoms with E-state index >= 15 is 0 Å². The standard InChI is InChI=1S/C17H31N3O2S/c1-13(2)10-18-17(20-16-7-5-4-6-14(16)3)19-11-15-8-9-23(21,22)12-15/h14-16H,1,4-12H2,2-3H3,(H2,18,19,20). The third kappa shape index (κ3) is 6.16. The number of aliphatic imine (C=N–C) groups is 1. The van der Waals surface area contributed by atoms with Crippen molar-refractivity contribution in [3.8, 4) is 0 Å². The van der Waals surface area contributed by atoms with Gasteiger partial charge >= 0.3 is 0 Å². The lowest BCUT2D eigenvalue weighted by Gasteiger charge is -2.31. The molecule has 5 nitrogen and oxygen atoms in total. The summed E-state index contributed by atoms with van der Waals surface area (Å²) >= 11 is 0. The Morgan fingerprint density at radius 3 is 2.61 bits per heavy atom. The Labute approximate surface area is 140 Å². The summed E-state index contributed by atoms with van der Waals surface area (Å²) in [6.45, 7) is 9.42. The summed E-state index contributed by atoms with van der Waals surface area (Å²) < 4.78 is 23.2. The van der Waals surface area contributed by atoms with Gasteiger partial charge in [0.1, 0.15) is 0 Å². The third-order valence-electron chi connectivity index (χ3n) is 4.83. The van der Waals surface area contributed by atoms with Gasteiger partial charge in [0.25, 0.3) is 0 Å². The van der Waals surface area contributed by atoms with Crippen molar-refractivity contribution >= 4 is 15.8 Å². The van der Waals surface area contributed by atoms with E-state index in [2.05, 4.69) is 29.1 Å². The molecule has 3 atom stereocenters. The topological polar surface area (TPSA) is 70.6 Å². The minimum atomic E-state index is -2.82. The fraction of sp³-hybridized carbons (Fsp3) is 0.824. The molecule has 1 heterocycles. The number of guanidine groups is 1. The van der Waals surface area contributed by atoms with E-state index < -0.39 is 9.84 Å². The summed E-state index contributed by atoms with van der Waals surface area (Å²) in [5.41, 5.74) is 1.02. The molecule has 3 unspecified atom stereocenters. The Hall–Kier alpha value is -1.04. The molecule has 0 aromatic rings. The average Bonchev–Trinajstić information content (AvgIpc) is 2.83. The Morgan fingerprint density at radius 1 is 1.26 bits per heavy atom. The number of rotatable bonds is 5. The van der Waals surface area contributed by atoms with Crippen molar-refractivity contribution in [3.63, 3.8) is 0 Å². The van der Waals surface area contributed by atoms with Crippen molar-refractivity contribution in [2.45, 2.75) is 52.0 Å². The zero-order valence-electron chi connectivity index (χ0n) is 14.5. The number of nitrogens with one attached hydrogen (secondary N) is 2. The summed E-state index contributed by atoms with van der Waals surface area (Å²) in [7, 11) is -2.82. The minimum Gasteiger partial charge on any atom is -0.356 e. The van der Waals surface area contributed by atoms with Crippen LogP contribution in [0.2, 0.25) is 0 Å². The van der Waals surface area contributed by atoms with Crippen molar-refractivity contribution in [2.75, 3.05) is 24.6 Å². The van der Waals surface area contributed by atoms with Crippen molar-refractivity contribution in [3.05, 3.63) is 12.2 Å². The van der Waals surface area contributed by atoms with Crippen LogP contribution < -0.4 is 10.6 Å². The molecular formula is C17H31N3O2S. The first-order valence-electron chi connectivity index (χ1n) is 8.75. The first-order valence-corrected chi connectivity index (χ1v) is 10.6. The first kappa shape index (κ1) is 18.3. The van der Waals surface area contributed by atoms with Gasteiger partial charge in [0.05, 0.1) is 18.1 Å². The van der Waals surface area contributed by atoms with Crippen molar-refractivity contribution in [1.29, 1.82) is 0 Å². The van der Waals surface area contributed by atoms with Crippen LogP contribution in [0.25, 0.3) is 0 Å². The van der Waals surface area contributed by atoms with Gasteiger partial charge in [-0.2, -0.15) is 0 Å². The van der Waals surface area contributed by atoms with Gasteiger partial charge in [0.15, 0.2) is 15.8 Å². The third-order valence-corrected chi connectivity index (χ3v) is 6.66. The van der Waals surface area contributed by atoms with Gasteiger partial charge in [0, 0.05) is 12.6 Å². The van der Waals surface area contributed by atoms with Crippen molar-refractivity contribution in [2.24, 2.45) is 16.8 Å². The van der Waals surface area contributed by atoms with Gasteiger partial charge in [-0.3, -0.25) is 0 Å². The quantitative estimate of drug-likeness (QED) is 0.456. The van der Waals surface area contributed by atoms with Crippen LogP contribution in [0.15, 0.2) is 17.1 Å². The second-order valence-electron chi connectivity index (χ2n) is 7.28. The van der Waals surface area contributed by atoms with E-state index in [1.54, 1.807) is 0 Å². The Bertz CT molecular complexity index is 542. The maximum atomic E-state index is 11.6. The molecule has 23 heavy (non-hydrogen) atoms. The Morgan fingerprint density at radius 2 is 2.00 bits per heavy atom. The zero-order valence-corrected chi connectivity index (χ0v) is 15.3. The van der Waals surface area contributed by atoms with Gasteiger partial charge in [-0.15, -0.1) is 0 Å². The number of hydrogen-bond acceptors (Lipinski definition) is 3. The molecule has 0 spiro atoms. The molecule has 2 fully saturated rings. The molecule has 2 aliphatic rings. The van der Waals surface area contributed by atoms with Gasteiger partial charge < -0.3 is 10.6 Å². The normalized spacial score (nSPS) is 30.9. The predicted molar refractivity (Wildman–Crippen MR) is 96.4 cm³/mol. The molecule has 2 N–H and O–H groups in total. The van der Waals surface area contributed by atoms with E-state index in [4.69, 9.17) is 0 Å². The summed E-state index contributed by atoms with van der Waals surface area (Å²) in [5.74, 6) is 2.27. The summed E-state index contributed by atoms with van der Waals surface area (Å²) in [4.78, 5) is 4.59. The molecule has 0 radical (unpaired) electrons. The molecule has 0 aromatic heterocycles. The molecule has 2 rings (SSSR count). The highest BCUT2D eigenvalue weighted by Crippen LogP contribution is 2.23. The minimum absolute atomic E-state index is 0.195. The van der Waals surface area contributed by atoms with Gasteiger partial charge in [-0.1, -0.05) is 31.9 Å². The lowest BCUT2D eigenvalue weighted by atomic mass is 9.86. The van der Waals surface area contributed by atoms with Crippen LogP contribution in [0.3, 0.4) is 0 Å². The van der Waals surface area contributed by atoms with E-state index in [1.165, 1.54) is 25.7 Å². The van der Waals surface area contributed by atoms with Crippen LogP contribution in [0.1, 0.15) is 46.0 Å². The maximum absolute atomic E-state index is 11.6. The van der Waals surface area contributed by atoms with Crippen LogP contribution in [0.4, 0.5) is 0 Å². The number of hydrogen-bond donors (Lipinski definition) is 2. The van der Waals surface area contributed by atoms with Crippen molar-refractivity contribution in [1.82, 2.24) is 10.6 Å². The fourth-order valence-corrected chi connectivity index (χ4v) is 5.21. The van der Waals surface area contributed by atoms with Gasteiger partial charge in [-0.05, 0) is 38.0 Å². The predicted octanol–water partition coefficient (Wildman–Crippen LogP) is 2.11. The first-order chi connectivity index (χ1) is 10.9. The van der Waals surface area contributed by atoms with Crippen LogP contribution in [-0.2, 0) is 9.84 Å². The molecule has 0 aromatic carbocycles. The molecule has 0 amide bonds. The lowest BCUT2D eigenvalue weighted by Crippen LogP contribution is -2.48. The highest BCUT2D eigenvalue weighted by molar-refractivity contribution is 7.91. The molecule has 1 saturated heterocycles. The monoisotopic (exact) mass is 341 g/mol. The smallest absolute Gasteiger partial charge is 0.191 e. The molecule has 0 bridgehead atoms. The van der Waals surface area contributed by atoms with Crippen LogP contribution in [0.5, 0.6) is 0 Å². The van der Waals surface area contributed by atoms with Crippen LogP contribution >= 0.6 is 0 Å².